The SMILES string of the molecule is CC[C@H]1CCCCN1C(=O)N[C@@H]1CC(=O)N(c2ccc(F)cc2)C1. The largest absolute Gasteiger partial charge is 0.333 e. The van der Waals surface area contributed by atoms with Gasteiger partial charge >= 0.3 is 6.03 Å². The van der Waals surface area contributed by atoms with Crippen LogP contribution in [0.1, 0.15) is 39.0 Å². The molecule has 6 heteroatoms. The van der Waals surface area contributed by atoms with Crippen LogP contribution in [-0.2, 0) is 4.79 Å². The van der Waals surface area contributed by atoms with Crippen LogP contribution in [0.25, 0.3) is 0 Å². The Labute approximate surface area is 141 Å². The molecule has 3 amide bonds. The third-order valence-electron chi connectivity index (χ3n) is 4.95. The Balaban J connectivity index is 1.61. The molecule has 1 aromatic rings. The number of nitrogens with one attached hydrogen (secondary N) is 1. The molecule has 130 valence electrons. The lowest BCUT2D eigenvalue weighted by Gasteiger charge is -2.35. The highest BCUT2D eigenvalue weighted by molar-refractivity contribution is 5.96. The number of likely N-dealkylation sites (tertiary alicyclic amines) is 1. The quantitative estimate of drug-likeness (QED) is 0.925. The second-order valence-corrected chi connectivity index (χ2v) is 6.58. The van der Waals surface area contributed by atoms with Crippen LogP contribution in [0.4, 0.5) is 14.9 Å². The van der Waals surface area contributed by atoms with Gasteiger partial charge in [-0.3, -0.25) is 4.79 Å². The van der Waals surface area contributed by atoms with Gasteiger partial charge in [0.05, 0.1) is 6.04 Å². The van der Waals surface area contributed by atoms with Crippen molar-refractivity contribution in [3.8, 4) is 0 Å². The molecule has 5 nitrogen and oxygen atoms in total. The Bertz CT molecular complexity index is 605. The number of halogens is 1. The van der Waals surface area contributed by atoms with Crippen molar-refractivity contribution in [2.75, 3.05) is 18.0 Å². The van der Waals surface area contributed by atoms with Crippen LogP contribution in [0, 0.1) is 5.82 Å². The monoisotopic (exact) mass is 333 g/mol. The number of benzene rings is 1. The average Bonchev–Trinajstić information content (AvgIpc) is 2.95. The molecule has 0 saturated carbocycles. The van der Waals surface area contributed by atoms with Crippen molar-refractivity contribution >= 4 is 17.6 Å². The number of hydrogen-bond donors (Lipinski definition) is 1. The van der Waals surface area contributed by atoms with Crippen LogP contribution in [0.3, 0.4) is 0 Å². The zero-order chi connectivity index (χ0) is 17.1. The van der Waals surface area contributed by atoms with E-state index < -0.39 is 0 Å². The molecule has 2 aliphatic rings. The maximum absolute atomic E-state index is 13.0. The molecule has 2 atom stereocenters. The summed E-state index contributed by atoms with van der Waals surface area (Å²) in [6.07, 6.45) is 4.50. The smallest absolute Gasteiger partial charge is 0.317 e. The first-order chi connectivity index (χ1) is 11.6. The Morgan fingerprint density at radius 1 is 1.29 bits per heavy atom. The van der Waals surface area contributed by atoms with Crippen LogP contribution in [0.15, 0.2) is 24.3 Å². The van der Waals surface area contributed by atoms with Crippen molar-refractivity contribution in [1.29, 1.82) is 0 Å². The van der Waals surface area contributed by atoms with Gasteiger partial charge in [0.25, 0.3) is 0 Å². The average molecular weight is 333 g/mol. The number of amides is 3. The van der Waals surface area contributed by atoms with Crippen molar-refractivity contribution in [3.05, 3.63) is 30.1 Å². The van der Waals surface area contributed by atoms with E-state index in [9.17, 15) is 14.0 Å². The Kier molecular flexibility index (Phi) is 5.02. The van der Waals surface area contributed by atoms with Gasteiger partial charge in [-0.15, -0.1) is 0 Å². The van der Waals surface area contributed by atoms with Crippen molar-refractivity contribution < 1.29 is 14.0 Å². The van der Waals surface area contributed by atoms with Gasteiger partial charge in [-0.1, -0.05) is 6.92 Å². The van der Waals surface area contributed by atoms with E-state index in [-0.39, 0.29) is 30.2 Å². The first-order valence-corrected chi connectivity index (χ1v) is 8.71. The minimum absolute atomic E-state index is 0.0439. The number of hydrogen-bond acceptors (Lipinski definition) is 2. The highest BCUT2D eigenvalue weighted by Crippen LogP contribution is 2.23. The first kappa shape index (κ1) is 16.7. The van der Waals surface area contributed by atoms with Gasteiger partial charge in [0.15, 0.2) is 0 Å². The number of carbonyl (C=O) groups is 2. The molecule has 2 saturated heterocycles. The molecule has 2 fully saturated rings. The third-order valence-corrected chi connectivity index (χ3v) is 4.95. The molecule has 3 rings (SSSR count). The molecule has 2 aliphatic heterocycles. The minimum atomic E-state index is -0.328. The molecule has 0 aliphatic carbocycles. The summed E-state index contributed by atoms with van der Waals surface area (Å²) < 4.78 is 13.0. The van der Waals surface area contributed by atoms with Crippen molar-refractivity contribution in [2.45, 2.75) is 51.1 Å². The summed E-state index contributed by atoms with van der Waals surface area (Å²) in [6, 6.07) is 5.89. The van der Waals surface area contributed by atoms with Crippen LogP contribution < -0.4 is 10.2 Å². The van der Waals surface area contributed by atoms with Gasteiger partial charge in [-0.2, -0.15) is 0 Å². The molecule has 2 heterocycles. The van der Waals surface area contributed by atoms with Crippen molar-refractivity contribution in [2.24, 2.45) is 0 Å². The normalized spacial score (nSPS) is 24.3. The second-order valence-electron chi connectivity index (χ2n) is 6.58. The summed E-state index contributed by atoms with van der Waals surface area (Å²) in [6.45, 7) is 3.32. The lowest BCUT2D eigenvalue weighted by Crippen LogP contribution is -2.51. The third kappa shape index (κ3) is 3.52. The van der Waals surface area contributed by atoms with Crippen molar-refractivity contribution in [1.82, 2.24) is 10.2 Å². The minimum Gasteiger partial charge on any atom is -0.333 e. The maximum atomic E-state index is 13.0. The van der Waals surface area contributed by atoms with E-state index in [4.69, 9.17) is 0 Å². The molecule has 24 heavy (non-hydrogen) atoms. The van der Waals surface area contributed by atoms with Crippen LogP contribution in [-0.4, -0.2) is 42.0 Å². The van der Waals surface area contributed by atoms with Gasteiger partial charge in [0.1, 0.15) is 5.82 Å². The maximum Gasteiger partial charge on any atom is 0.317 e. The van der Waals surface area contributed by atoms with E-state index in [2.05, 4.69) is 12.2 Å². The summed E-state index contributed by atoms with van der Waals surface area (Å²) in [4.78, 5) is 28.3. The lowest BCUT2D eigenvalue weighted by atomic mass is 10.0. The number of anilines is 1. The first-order valence-electron chi connectivity index (χ1n) is 8.71. The second kappa shape index (κ2) is 7.20. The van der Waals surface area contributed by atoms with Gasteiger partial charge in [0.2, 0.25) is 5.91 Å². The summed E-state index contributed by atoms with van der Waals surface area (Å²) in [5.41, 5.74) is 0.669. The fraction of sp³-hybridized carbons (Fsp3) is 0.556. The molecule has 0 unspecified atom stereocenters. The number of piperidine rings is 1. The van der Waals surface area contributed by atoms with E-state index in [1.54, 1.807) is 17.0 Å². The molecular formula is C18H24FN3O2. The fourth-order valence-electron chi connectivity index (χ4n) is 3.62. The lowest BCUT2D eigenvalue weighted by molar-refractivity contribution is -0.117. The highest BCUT2D eigenvalue weighted by Gasteiger charge is 2.34. The Morgan fingerprint density at radius 2 is 2.04 bits per heavy atom. The van der Waals surface area contributed by atoms with Crippen molar-refractivity contribution in [3.63, 3.8) is 0 Å². The molecule has 0 radical (unpaired) electrons. The zero-order valence-electron chi connectivity index (χ0n) is 14.0. The predicted octanol–water partition coefficient (Wildman–Crippen LogP) is 2.91. The summed E-state index contributed by atoms with van der Waals surface area (Å²) in [5, 5.41) is 3.00. The number of urea groups is 1. The predicted molar refractivity (Wildman–Crippen MR) is 90.3 cm³/mol. The zero-order valence-corrected chi connectivity index (χ0v) is 14.0. The molecule has 0 aromatic heterocycles. The molecule has 0 bridgehead atoms. The van der Waals surface area contributed by atoms with E-state index in [0.29, 0.717) is 18.3 Å². The standard InChI is InChI=1S/C18H24FN3O2/c1-2-15-5-3-4-10-21(15)18(24)20-14-11-17(23)22(12-14)16-8-6-13(19)7-9-16/h6-9,14-15H,2-5,10-12H2,1H3,(H,20,24)/t14-,15+/m1/s1. The fourth-order valence-corrected chi connectivity index (χ4v) is 3.62. The van der Waals surface area contributed by atoms with E-state index in [0.717, 1.165) is 25.8 Å². The molecule has 1 aromatic carbocycles. The van der Waals surface area contributed by atoms with E-state index in [1.807, 2.05) is 4.90 Å². The number of nitrogens with zero attached hydrogens (tertiary/aromatic N) is 2. The Hall–Kier alpha value is -2.11. The van der Waals surface area contributed by atoms with E-state index in [1.165, 1.54) is 18.6 Å². The van der Waals surface area contributed by atoms with Crippen LogP contribution in [0.2, 0.25) is 0 Å². The highest BCUT2D eigenvalue weighted by atomic mass is 19.1. The molecular weight excluding hydrogens is 309 g/mol. The Morgan fingerprint density at radius 3 is 2.75 bits per heavy atom. The molecule has 1 N–H and O–H groups in total. The summed E-state index contributed by atoms with van der Waals surface area (Å²) in [7, 11) is 0. The van der Waals surface area contributed by atoms with Crippen LogP contribution >= 0.6 is 0 Å². The van der Waals surface area contributed by atoms with Gasteiger partial charge in [-0.05, 0) is 49.9 Å². The number of carbonyl (C=O) groups excluding carboxylic acids is 2. The number of rotatable bonds is 3. The van der Waals surface area contributed by atoms with Gasteiger partial charge < -0.3 is 15.1 Å². The molecule has 0 spiro atoms. The topological polar surface area (TPSA) is 52.7 Å². The summed E-state index contributed by atoms with van der Waals surface area (Å²) >= 11 is 0. The van der Waals surface area contributed by atoms with Gasteiger partial charge in [0, 0.05) is 31.2 Å². The summed E-state index contributed by atoms with van der Waals surface area (Å²) in [5.74, 6) is -0.372. The van der Waals surface area contributed by atoms with E-state index >= 15 is 0 Å². The van der Waals surface area contributed by atoms with Gasteiger partial charge in [-0.25, -0.2) is 9.18 Å². The van der Waals surface area contributed by atoms with Crippen LogP contribution in [0.5, 0.6) is 0 Å².